The minimum atomic E-state index is 0.571. The molecule has 1 nitrogen and oxygen atoms in total. The van der Waals surface area contributed by atoms with Crippen LogP contribution in [0.2, 0.25) is 0 Å². The van der Waals surface area contributed by atoms with Crippen LogP contribution in [0.1, 0.15) is 30.9 Å². The summed E-state index contributed by atoms with van der Waals surface area (Å²) in [5.74, 6) is 0.571. The Balaban J connectivity index is 3.09. The lowest BCUT2D eigenvalue weighted by Gasteiger charge is -2.15. The molecule has 0 amide bonds. The van der Waals surface area contributed by atoms with Gasteiger partial charge in [0.15, 0.2) is 0 Å². The van der Waals surface area contributed by atoms with Crippen molar-refractivity contribution < 1.29 is 0 Å². The molecule has 0 aliphatic heterocycles. The van der Waals surface area contributed by atoms with Gasteiger partial charge in [-0.1, -0.05) is 48.0 Å². The van der Waals surface area contributed by atoms with Gasteiger partial charge in [-0.15, -0.1) is 0 Å². The highest BCUT2D eigenvalue weighted by Gasteiger charge is 2.07. The van der Waals surface area contributed by atoms with Crippen molar-refractivity contribution in [3.63, 3.8) is 0 Å². The highest BCUT2D eigenvalue weighted by atomic mass is 79.9. The van der Waals surface area contributed by atoms with Gasteiger partial charge in [0.1, 0.15) is 0 Å². The SMILES string of the molecule is Cc1cccc(C(C)C)c1NCBr. The molecule has 0 aromatic heterocycles. The van der Waals surface area contributed by atoms with E-state index < -0.39 is 0 Å². The number of nitrogens with one attached hydrogen (secondary N) is 1. The van der Waals surface area contributed by atoms with E-state index in [1.807, 2.05) is 0 Å². The Bertz CT molecular complexity index is 281. The van der Waals surface area contributed by atoms with Crippen LogP contribution in [0.3, 0.4) is 0 Å². The normalized spacial score (nSPS) is 10.5. The van der Waals surface area contributed by atoms with Crippen LogP contribution in [0.5, 0.6) is 0 Å². The number of para-hydroxylation sites is 1. The fourth-order valence-corrected chi connectivity index (χ4v) is 1.76. The lowest BCUT2D eigenvalue weighted by atomic mass is 9.98. The van der Waals surface area contributed by atoms with Gasteiger partial charge >= 0.3 is 0 Å². The van der Waals surface area contributed by atoms with E-state index in [2.05, 4.69) is 60.2 Å². The van der Waals surface area contributed by atoms with Crippen LogP contribution in [-0.2, 0) is 0 Å². The van der Waals surface area contributed by atoms with Crippen LogP contribution in [-0.4, -0.2) is 5.45 Å². The van der Waals surface area contributed by atoms with Crippen molar-refractivity contribution in [1.82, 2.24) is 0 Å². The average Bonchev–Trinajstić information content (AvgIpc) is 2.08. The van der Waals surface area contributed by atoms with Gasteiger partial charge in [0.2, 0.25) is 0 Å². The number of benzene rings is 1. The molecule has 1 rings (SSSR count). The molecular formula is C11H16BrN. The largest absolute Gasteiger partial charge is 0.375 e. The summed E-state index contributed by atoms with van der Waals surface area (Å²) in [6.07, 6.45) is 0. The molecule has 1 aromatic rings. The Kier molecular flexibility index (Phi) is 3.79. The molecular weight excluding hydrogens is 226 g/mol. The van der Waals surface area contributed by atoms with Crippen LogP contribution in [0.4, 0.5) is 5.69 Å². The van der Waals surface area contributed by atoms with Crippen LogP contribution in [0.25, 0.3) is 0 Å². The maximum atomic E-state index is 3.39. The lowest BCUT2D eigenvalue weighted by Crippen LogP contribution is -2.02. The molecule has 1 aromatic carbocycles. The van der Waals surface area contributed by atoms with Gasteiger partial charge < -0.3 is 5.32 Å². The number of hydrogen-bond donors (Lipinski definition) is 1. The van der Waals surface area contributed by atoms with Crippen molar-refractivity contribution in [2.45, 2.75) is 26.7 Å². The second-order valence-electron chi connectivity index (χ2n) is 3.50. The van der Waals surface area contributed by atoms with E-state index in [1.54, 1.807) is 0 Å². The number of aryl methyl sites for hydroxylation is 1. The Labute approximate surface area is 88.7 Å². The molecule has 0 bridgehead atoms. The Morgan fingerprint density at radius 1 is 1.38 bits per heavy atom. The van der Waals surface area contributed by atoms with Crippen LogP contribution >= 0.6 is 15.9 Å². The van der Waals surface area contributed by atoms with E-state index in [0.29, 0.717) is 5.92 Å². The maximum absolute atomic E-state index is 3.39. The van der Waals surface area contributed by atoms with Gasteiger partial charge in [0, 0.05) is 5.69 Å². The first kappa shape index (κ1) is 10.6. The number of halogens is 1. The summed E-state index contributed by atoms with van der Waals surface area (Å²) in [5, 5.41) is 3.34. The molecule has 0 heterocycles. The molecule has 0 aliphatic carbocycles. The zero-order chi connectivity index (χ0) is 9.84. The molecule has 0 aliphatic rings. The van der Waals surface area contributed by atoms with Gasteiger partial charge in [-0.3, -0.25) is 0 Å². The average molecular weight is 242 g/mol. The number of anilines is 1. The minimum absolute atomic E-state index is 0.571. The monoisotopic (exact) mass is 241 g/mol. The van der Waals surface area contributed by atoms with Gasteiger partial charge in [-0.2, -0.15) is 0 Å². The molecule has 0 atom stereocenters. The minimum Gasteiger partial charge on any atom is -0.375 e. The molecule has 0 unspecified atom stereocenters. The van der Waals surface area contributed by atoms with E-state index >= 15 is 0 Å². The second-order valence-corrected chi connectivity index (χ2v) is 4.06. The van der Waals surface area contributed by atoms with E-state index in [4.69, 9.17) is 0 Å². The van der Waals surface area contributed by atoms with Crippen LogP contribution in [0.15, 0.2) is 18.2 Å². The first-order valence-electron chi connectivity index (χ1n) is 4.56. The van der Waals surface area contributed by atoms with Crippen molar-refractivity contribution >= 4 is 21.6 Å². The third-order valence-electron chi connectivity index (χ3n) is 2.17. The maximum Gasteiger partial charge on any atom is 0.0707 e. The number of alkyl halides is 1. The van der Waals surface area contributed by atoms with Gasteiger partial charge in [-0.25, -0.2) is 0 Å². The topological polar surface area (TPSA) is 12.0 Å². The molecule has 0 saturated heterocycles. The van der Waals surface area contributed by atoms with Crippen molar-refractivity contribution in [3.8, 4) is 0 Å². The molecule has 0 radical (unpaired) electrons. The van der Waals surface area contributed by atoms with E-state index in [1.165, 1.54) is 16.8 Å². The zero-order valence-corrected chi connectivity index (χ0v) is 9.98. The number of hydrogen-bond acceptors (Lipinski definition) is 1. The molecule has 13 heavy (non-hydrogen) atoms. The smallest absolute Gasteiger partial charge is 0.0707 e. The summed E-state index contributed by atoms with van der Waals surface area (Å²) in [5.41, 5.74) is 4.77. The fraction of sp³-hybridized carbons (Fsp3) is 0.455. The molecule has 0 saturated carbocycles. The molecule has 0 fully saturated rings. The quantitative estimate of drug-likeness (QED) is 0.626. The molecule has 2 heteroatoms. The van der Waals surface area contributed by atoms with E-state index in [0.717, 1.165) is 5.45 Å². The van der Waals surface area contributed by atoms with Gasteiger partial charge in [0.05, 0.1) is 5.45 Å². The van der Waals surface area contributed by atoms with Crippen molar-refractivity contribution in [1.29, 1.82) is 0 Å². The van der Waals surface area contributed by atoms with Crippen LogP contribution < -0.4 is 5.32 Å². The summed E-state index contributed by atoms with van der Waals surface area (Å²) in [6.45, 7) is 6.57. The number of rotatable bonds is 3. The molecule has 72 valence electrons. The lowest BCUT2D eigenvalue weighted by molar-refractivity contribution is 0.866. The first-order chi connectivity index (χ1) is 6.16. The molecule has 0 spiro atoms. The third-order valence-corrected chi connectivity index (χ3v) is 2.45. The van der Waals surface area contributed by atoms with Crippen molar-refractivity contribution in [2.24, 2.45) is 0 Å². The Hall–Kier alpha value is -0.500. The Morgan fingerprint density at radius 3 is 2.62 bits per heavy atom. The van der Waals surface area contributed by atoms with E-state index in [9.17, 15) is 0 Å². The van der Waals surface area contributed by atoms with Gasteiger partial charge in [-0.05, 0) is 24.0 Å². The summed E-state index contributed by atoms with van der Waals surface area (Å²) < 4.78 is 0. The van der Waals surface area contributed by atoms with E-state index in [-0.39, 0.29) is 0 Å². The van der Waals surface area contributed by atoms with Crippen LogP contribution in [0, 0.1) is 6.92 Å². The van der Waals surface area contributed by atoms with Crippen molar-refractivity contribution in [3.05, 3.63) is 29.3 Å². The zero-order valence-electron chi connectivity index (χ0n) is 8.39. The third kappa shape index (κ3) is 2.47. The summed E-state index contributed by atoms with van der Waals surface area (Å²) in [7, 11) is 0. The predicted octanol–water partition coefficient (Wildman–Crippen LogP) is 3.88. The summed E-state index contributed by atoms with van der Waals surface area (Å²) in [4.78, 5) is 0. The first-order valence-corrected chi connectivity index (χ1v) is 5.68. The highest BCUT2D eigenvalue weighted by Crippen LogP contribution is 2.27. The second kappa shape index (κ2) is 4.66. The predicted molar refractivity (Wildman–Crippen MR) is 62.7 cm³/mol. The standard InChI is InChI=1S/C11H16BrN/c1-8(2)10-6-4-5-9(3)11(10)13-7-12/h4-6,8,13H,7H2,1-3H3. The van der Waals surface area contributed by atoms with Crippen molar-refractivity contribution in [2.75, 3.05) is 10.8 Å². The fourth-order valence-electron chi connectivity index (χ4n) is 1.48. The summed E-state index contributed by atoms with van der Waals surface area (Å²) in [6, 6.07) is 6.43. The highest BCUT2D eigenvalue weighted by molar-refractivity contribution is 9.09. The molecule has 1 N–H and O–H groups in total. The summed E-state index contributed by atoms with van der Waals surface area (Å²) >= 11 is 3.39. The van der Waals surface area contributed by atoms with Gasteiger partial charge in [0.25, 0.3) is 0 Å². The Morgan fingerprint density at radius 2 is 2.08 bits per heavy atom.